The first kappa shape index (κ1) is 16.0. The summed E-state index contributed by atoms with van der Waals surface area (Å²) in [5.74, 6) is -0.836. The van der Waals surface area contributed by atoms with E-state index in [4.69, 9.17) is 5.11 Å². The highest BCUT2D eigenvalue weighted by molar-refractivity contribution is 7.88. The third-order valence-corrected chi connectivity index (χ3v) is 5.45. The van der Waals surface area contributed by atoms with Gasteiger partial charge in [-0.1, -0.05) is 25.0 Å². The number of carbonyl (C=O) groups is 1. The predicted octanol–water partition coefficient (Wildman–Crippen LogP) is 2.38. The second-order valence-electron chi connectivity index (χ2n) is 5.72. The first-order valence-electron chi connectivity index (χ1n) is 7.19. The maximum atomic E-state index is 12.2. The van der Waals surface area contributed by atoms with E-state index in [0.717, 1.165) is 25.7 Å². The summed E-state index contributed by atoms with van der Waals surface area (Å²) in [4.78, 5) is 10.9. The monoisotopic (exact) mass is 311 g/mol. The molecule has 1 aliphatic carbocycles. The van der Waals surface area contributed by atoms with Crippen LogP contribution in [0, 0.1) is 5.92 Å². The number of aromatic carboxylic acids is 1. The SMILES string of the molecule is CC(NS(=O)(=O)Cc1cccc(C(=O)O)c1)C1CCCC1. The zero-order valence-corrected chi connectivity index (χ0v) is 12.9. The van der Waals surface area contributed by atoms with Crippen LogP contribution in [-0.4, -0.2) is 25.5 Å². The van der Waals surface area contributed by atoms with Crippen LogP contribution in [0.4, 0.5) is 0 Å². The van der Waals surface area contributed by atoms with Gasteiger partial charge in [0.25, 0.3) is 0 Å². The lowest BCUT2D eigenvalue weighted by atomic mass is 10.0. The molecule has 2 rings (SSSR count). The first-order valence-corrected chi connectivity index (χ1v) is 8.85. The Hall–Kier alpha value is -1.40. The summed E-state index contributed by atoms with van der Waals surface area (Å²) < 4.78 is 27.1. The van der Waals surface area contributed by atoms with Crippen LogP contribution >= 0.6 is 0 Å². The van der Waals surface area contributed by atoms with Crippen molar-refractivity contribution in [3.05, 3.63) is 35.4 Å². The molecule has 0 heterocycles. The van der Waals surface area contributed by atoms with Gasteiger partial charge in [-0.3, -0.25) is 0 Å². The minimum absolute atomic E-state index is 0.0693. The minimum atomic E-state index is -3.46. The van der Waals surface area contributed by atoms with E-state index in [1.165, 1.54) is 12.1 Å². The second-order valence-corrected chi connectivity index (χ2v) is 7.47. The van der Waals surface area contributed by atoms with E-state index in [2.05, 4.69) is 4.72 Å². The molecule has 0 saturated heterocycles. The van der Waals surface area contributed by atoms with Crippen molar-refractivity contribution < 1.29 is 18.3 Å². The molecule has 21 heavy (non-hydrogen) atoms. The van der Waals surface area contributed by atoms with Crippen molar-refractivity contribution in [2.24, 2.45) is 5.92 Å². The molecular weight excluding hydrogens is 290 g/mol. The lowest BCUT2D eigenvalue weighted by Crippen LogP contribution is -2.37. The molecule has 1 saturated carbocycles. The number of hydrogen-bond donors (Lipinski definition) is 2. The fraction of sp³-hybridized carbons (Fsp3) is 0.533. The number of carboxylic acid groups (broad SMARTS) is 1. The molecule has 6 heteroatoms. The smallest absolute Gasteiger partial charge is 0.335 e. The normalized spacial score (nSPS) is 17.8. The highest BCUT2D eigenvalue weighted by atomic mass is 32.2. The van der Waals surface area contributed by atoms with E-state index in [1.54, 1.807) is 12.1 Å². The molecule has 1 aromatic carbocycles. The van der Waals surface area contributed by atoms with Crippen molar-refractivity contribution in [2.45, 2.75) is 44.4 Å². The molecule has 0 bridgehead atoms. The van der Waals surface area contributed by atoms with Gasteiger partial charge in [0, 0.05) is 6.04 Å². The van der Waals surface area contributed by atoms with Gasteiger partial charge >= 0.3 is 5.97 Å². The van der Waals surface area contributed by atoms with Gasteiger partial charge in [-0.05, 0) is 43.4 Å². The summed E-state index contributed by atoms with van der Waals surface area (Å²) in [5.41, 5.74) is 0.590. The lowest BCUT2D eigenvalue weighted by Gasteiger charge is -2.20. The highest BCUT2D eigenvalue weighted by Gasteiger charge is 2.25. The van der Waals surface area contributed by atoms with E-state index in [1.807, 2.05) is 6.92 Å². The molecule has 1 atom stereocenters. The molecule has 1 aromatic rings. The minimum Gasteiger partial charge on any atom is -0.478 e. The van der Waals surface area contributed by atoms with Gasteiger partial charge in [-0.2, -0.15) is 0 Å². The summed E-state index contributed by atoms with van der Waals surface area (Å²) in [7, 11) is -3.46. The van der Waals surface area contributed by atoms with Crippen molar-refractivity contribution in [2.75, 3.05) is 0 Å². The van der Waals surface area contributed by atoms with Gasteiger partial charge in [0.15, 0.2) is 0 Å². The van der Waals surface area contributed by atoms with Gasteiger partial charge in [0.2, 0.25) is 10.0 Å². The molecule has 0 amide bonds. The predicted molar refractivity (Wildman–Crippen MR) is 80.6 cm³/mol. The molecule has 5 nitrogen and oxygen atoms in total. The van der Waals surface area contributed by atoms with Crippen LogP contribution in [0.25, 0.3) is 0 Å². The number of hydrogen-bond acceptors (Lipinski definition) is 3. The quantitative estimate of drug-likeness (QED) is 0.845. The Morgan fingerprint density at radius 1 is 1.38 bits per heavy atom. The van der Waals surface area contributed by atoms with Gasteiger partial charge in [0.05, 0.1) is 11.3 Å². The van der Waals surface area contributed by atoms with Crippen molar-refractivity contribution in [1.29, 1.82) is 0 Å². The van der Waals surface area contributed by atoms with Crippen molar-refractivity contribution in [3.8, 4) is 0 Å². The molecule has 1 fully saturated rings. The fourth-order valence-electron chi connectivity index (χ4n) is 2.89. The average molecular weight is 311 g/mol. The molecule has 0 aromatic heterocycles. The van der Waals surface area contributed by atoms with Crippen LogP contribution in [0.1, 0.15) is 48.5 Å². The number of benzene rings is 1. The first-order chi connectivity index (χ1) is 9.87. The summed E-state index contributed by atoms with van der Waals surface area (Å²) >= 11 is 0. The van der Waals surface area contributed by atoms with Crippen molar-refractivity contribution >= 4 is 16.0 Å². The standard InChI is InChI=1S/C15H21NO4S/c1-11(13-6-2-3-7-13)16-21(19,20)10-12-5-4-8-14(9-12)15(17)18/h4-5,8-9,11,13,16H,2-3,6-7,10H2,1H3,(H,17,18). The van der Waals surface area contributed by atoms with E-state index in [0.29, 0.717) is 11.5 Å². The molecule has 116 valence electrons. The van der Waals surface area contributed by atoms with E-state index >= 15 is 0 Å². The summed E-state index contributed by atoms with van der Waals surface area (Å²) in [6, 6.07) is 5.98. The van der Waals surface area contributed by atoms with Crippen molar-refractivity contribution in [1.82, 2.24) is 4.72 Å². The lowest BCUT2D eigenvalue weighted by molar-refractivity contribution is 0.0696. The van der Waals surface area contributed by atoms with Crippen molar-refractivity contribution in [3.63, 3.8) is 0 Å². The van der Waals surface area contributed by atoms with Gasteiger partial charge in [-0.25, -0.2) is 17.9 Å². The van der Waals surface area contributed by atoms with Crippen LogP contribution in [-0.2, 0) is 15.8 Å². The number of carboxylic acids is 1. The number of rotatable bonds is 6. The van der Waals surface area contributed by atoms with Gasteiger partial charge in [-0.15, -0.1) is 0 Å². The molecular formula is C15H21NO4S. The molecule has 0 radical (unpaired) electrons. The Morgan fingerprint density at radius 3 is 2.67 bits per heavy atom. The molecule has 1 unspecified atom stereocenters. The third-order valence-electron chi connectivity index (χ3n) is 4.00. The Bertz CT molecular complexity index is 606. The highest BCUT2D eigenvalue weighted by Crippen LogP contribution is 2.28. The van der Waals surface area contributed by atoms with E-state index in [9.17, 15) is 13.2 Å². The van der Waals surface area contributed by atoms with Crippen LogP contribution < -0.4 is 4.72 Å². The maximum Gasteiger partial charge on any atom is 0.335 e. The Labute approximate surface area is 125 Å². The largest absolute Gasteiger partial charge is 0.478 e. The zero-order valence-electron chi connectivity index (χ0n) is 12.1. The Morgan fingerprint density at radius 2 is 2.05 bits per heavy atom. The maximum absolute atomic E-state index is 12.2. The average Bonchev–Trinajstić information content (AvgIpc) is 2.91. The van der Waals surface area contributed by atoms with Gasteiger partial charge < -0.3 is 5.11 Å². The van der Waals surface area contributed by atoms with E-state index in [-0.39, 0.29) is 17.4 Å². The summed E-state index contributed by atoms with van der Waals surface area (Å²) in [6.07, 6.45) is 4.46. The number of sulfonamides is 1. The Balaban J connectivity index is 2.03. The third kappa shape index (κ3) is 4.54. The van der Waals surface area contributed by atoms with Crippen LogP contribution in [0.3, 0.4) is 0 Å². The molecule has 2 N–H and O–H groups in total. The number of nitrogens with one attached hydrogen (secondary N) is 1. The molecule has 1 aliphatic rings. The fourth-order valence-corrected chi connectivity index (χ4v) is 4.35. The zero-order chi connectivity index (χ0) is 15.5. The van der Waals surface area contributed by atoms with Gasteiger partial charge in [0.1, 0.15) is 0 Å². The van der Waals surface area contributed by atoms with E-state index < -0.39 is 16.0 Å². The van der Waals surface area contributed by atoms with Crippen LogP contribution in [0.2, 0.25) is 0 Å². The van der Waals surface area contributed by atoms with Crippen LogP contribution in [0.15, 0.2) is 24.3 Å². The topological polar surface area (TPSA) is 83.5 Å². The second kappa shape index (κ2) is 6.58. The Kier molecular flexibility index (Phi) is 5.00. The van der Waals surface area contributed by atoms with Crippen LogP contribution in [0.5, 0.6) is 0 Å². The molecule has 0 spiro atoms. The summed E-state index contributed by atoms with van der Waals surface area (Å²) in [6.45, 7) is 1.90. The summed E-state index contributed by atoms with van der Waals surface area (Å²) in [5, 5.41) is 8.93. The molecule has 0 aliphatic heterocycles.